The number of imide groups is 1. The van der Waals surface area contributed by atoms with Crippen LogP contribution in [0, 0.1) is 0 Å². The van der Waals surface area contributed by atoms with Gasteiger partial charge in [0.05, 0.1) is 16.2 Å². The van der Waals surface area contributed by atoms with Gasteiger partial charge >= 0.3 is 6.03 Å². The smallest absolute Gasteiger partial charge is 0.321 e. The van der Waals surface area contributed by atoms with E-state index < -0.39 is 17.2 Å². The molecular weight excluding hydrogens is 388 g/mol. The van der Waals surface area contributed by atoms with E-state index in [1.54, 1.807) is 23.6 Å². The number of amides is 3. The molecule has 156 valence electrons. The fourth-order valence-corrected chi connectivity index (χ4v) is 4.51. The van der Waals surface area contributed by atoms with Crippen LogP contribution in [0.5, 0.6) is 0 Å². The van der Waals surface area contributed by atoms with Crippen LogP contribution in [0.1, 0.15) is 58.9 Å². The lowest BCUT2D eigenvalue weighted by Crippen LogP contribution is -2.46. The van der Waals surface area contributed by atoms with Crippen molar-refractivity contribution in [3.63, 3.8) is 0 Å². The molecule has 0 unspecified atom stereocenters. The summed E-state index contributed by atoms with van der Waals surface area (Å²) in [6.45, 7) is 5.68. The quantitative estimate of drug-likeness (QED) is 0.554. The van der Waals surface area contributed by atoms with E-state index in [4.69, 9.17) is 0 Å². The second kappa shape index (κ2) is 9.43. The molecule has 0 saturated heterocycles. The first-order valence-corrected chi connectivity index (χ1v) is 11.1. The highest BCUT2D eigenvalue weighted by atomic mass is 32.2. The van der Waals surface area contributed by atoms with Crippen LogP contribution in [0.25, 0.3) is 10.9 Å². The van der Waals surface area contributed by atoms with Gasteiger partial charge < -0.3 is 5.32 Å². The number of urea groups is 1. The number of carbonyl (C=O) groups excluding carboxylic acids is 2. The molecule has 0 bridgehead atoms. The molecule has 1 saturated carbocycles. The van der Waals surface area contributed by atoms with Crippen LogP contribution < -0.4 is 16.2 Å². The maximum absolute atomic E-state index is 13.0. The van der Waals surface area contributed by atoms with Crippen LogP contribution in [0.15, 0.2) is 34.2 Å². The summed E-state index contributed by atoms with van der Waals surface area (Å²) < 4.78 is 1.65. The third kappa shape index (κ3) is 4.98. The summed E-state index contributed by atoms with van der Waals surface area (Å²) in [7, 11) is 0. The normalized spacial score (nSPS) is 16.5. The highest BCUT2D eigenvalue weighted by Crippen LogP contribution is 2.26. The van der Waals surface area contributed by atoms with Gasteiger partial charge in [-0.25, -0.2) is 9.78 Å². The number of nitrogens with one attached hydrogen (secondary N) is 2. The predicted molar refractivity (Wildman–Crippen MR) is 115 cm³/mol. The first-order valence-electron chi connectivity index (χ1n) is 10.2. The third-order valence-electron chi connectivity index (χ3n) is 5.39. The van der Waals surface area contributed by atoms with Gasteiger partial charge in [0.2, 0.25) is 5.91 Å². The van der Waals surface area contributed by atoms with Crippen LogP contribution in [-0.2, 0) is 4.79 Å². The van der Waals surface area contributed by atoms with E-state index in [2.05, 4.69) is 15.6 Å². The Hall–Kier alpha value is -2.35. The Labute approximate surface area is 174 Å². The fourth-order valence-electron chi connectivity index (χ4n) is 3.50. The molecule has 1 heterocycles. The molecule has 1 aromatic heterocycles. The molecule has 0 spiro atoms. The zero-order chi connectivity index (χ0) is 21.0. The number of carbonyl (C=O) groups is 2. The van der Waals surface area contributed by atoms with Crippen LogP contribution in [0.2, 0.25) is 0 Å². The third-order valence-corrected chi connectivity index (χ3v) is 6.45. The van der Waals surface area contributed by atoms with Crippen LogP contribution >= 0.6 is 11.8 Å². The summed E-state index contributed by atoms with van der Waals surface area (Å²) in [5.41, 5.74) is 0.491. The molecule has 0 aliphatic heterocycles. The van der Waals surface area contributed by atoms with E-state index in [0.29, 0.717) is 16.1 Å². The highest BCUT2D eigenvalue weighted by Gasteiger charge is 2.24. The minimum absolute atomic E-state index is 0.0527. The maximum Gasteiger partial charge on any atom is 0.321 e. The second-order valence-electron chi connectivity index (χ2n) is 7.55. The number of fused-ring (bicyclic) bond motifs is 1. The van der Waals surface area contributed by atoms with Gasteiger partial charge in [-0.1, -0.05) is 43.7 Å². The monoisotopic (exact) mass is 416 g/mol. The summed E-state index contributed by atoms with van der Waals surface area (Å²) in [5.74, 6) is -0.399. The van der Waals surface area contributed by atoms with E-state index in [1.165, 1.54) is 11.8 Å². The second-order valence-corrected chi connectivity index (χ2v) is 8.86. The number of hydrogen-bond donors (Lipinski definition) is 2. The zero-order valence-corrected chi connectivity index (χ0v) is 17.9. The average molecular weight is 417 g/mol. The molecule has 8 heteroatoms. The minimum Gasteiger partial charge on any atom is -0.335 e. The van der Waals surface area contributed by atoms with E-state index in [-0.39, 0.29) is 17.6 Å². The van der Waals surface area contributed by atoms with Crippen molar-refractivity contribution in [2.24, 2.45) is 0 Å². The number of nitrogens with zero attached hydrogens (tertiary/aromatic N) is 2. The lowest BCUT2D eigenvalue weighted by Gasteiger charge is -2.20. The molecule has 3 amide bonds. The van der Waals surface area contributed by atoms with Crippen LogP contribution in [-0.4, -0.2) is 32.8 Å². The van der Waals surface area contributed by atoms with Gasteiger partial charge in [0.25, 0.3) is 5.56 Å². The van der Waals surface area contributed by atoms with Crippen molar-refractivity contribution >= 4 is 34.6 Å². The summed E-state index contributed by atoms with van der Waals surface area (Å²) >= 11 is 1.20. The number of para-hydroxylation sites is 1. The Kier molecular flexibility index (Phi) is 6.95. The Balaban J connectivity index is 1.78. The molecule has 2 aromatic rings. The van der Waals surface area contributed by atoms with E-state index in [0.717, 1.165) is 32.1 Å². The van der Waals surface area contributed by atoms with Gasteiger partial charge in [-0.3, -0.25) is 19.5 Å². The largest absolute Gasteiger partial charge is 0.335 e. The first kappa shape index (κ1) is 21.4. The minimum atomic E-state index is -0.576. The summed E-state index contributed by atoms with van der Waals surface area (Å²) in [6.07, 6.45) is 4.87. The Bertz CT molecular complexity index is 953. The van der Waals surface area contributed by atoms with Crippen molar-refractivity contribution in [1.82, 2.24) is 20.2 Å². The fraction of sp³-hybridized carbons (Fsp3) is 0.524. The van der Waals surface area contributed by atoms with Gasteiger partial charge in [-0.15, -0.1) is 0 Å². The van der Waals surface area contributed by atoms with Crippen molar-refractivity contribution in [1.29, 1.82) is 0 Å². The molecule has 2 atom stereocenters. The number of rotatable bonds is 6. The van der Waals surface area contributed by atoms with Crippen LogP contribution in [0.3, 0.4) is 0 Å². The van der Waals surface area contributed by atoms with Crippen molar-refractivity contribution in [2.45, 2.75) is 75.4 Å². The maximum atomic E-state index is 13.0. The summed E-state index contributed by atoms with van der Waals surface area (Å²) in [4.78, 5) is 42.3. The van der Waals surface area contributed by atoms with Crippen molar-refractivity contribution in [3.05, 3.63) is 34.6 Å². The van der Waals surface area contributed by atoms with Gasteiger partial charge in [-0.2, -0.15) is 0 Å². The standard InChI is InChI=1S/C21H28N4O3S/c1-4-13(2)25-19(27)16-11-7-8-12-17(16)23-21(25)29-14(3)18(26)24-20(28)22-15-9-5-6-10-15/h7-8,11-15H,4-6,9-10H2,1-3H3,(H2,22,24,26,28)/t13-,14-/m1/s1. The van der Waals surface area contributed by atoms with E-state index in [1.807, 2.05) is 26.0 Å². The number of aromatic nitrogens is 2. The molecule has 1 aliphatic carbocycles. The Morgan fingerprint density at radius 3 is 2.62 bits per heavy atom. The number of hydrogen-bond acceptors (Lipinski definition) is 5. The first-order chi connectivity index (χ1) is 13.9. The zero-order valence-electron chi connectivity index (χ0n) is 17.1. The number of benzene rings is 1. The lowest BCUT2D eigenvalue weighted by atomic mass is 10.2. The van der Waals surface area contributed by atoms with Crippen molar-refractivity contribution in [3.8, 4) is 0 Å². The Morgan fingerprint density at radius 1 is 1.24 bits per heavy atom. The molecule has 1 aliphatic rings. The highest BCUT2D eigenvalue weighted by molar-refractivity contribution is 8.00. The SMILES string of the molecule is CC[C@@H](C)n1c(S[C@H](C)C(=O)NC(=O)NC2CCCC2)nc2ccccc2c1=O. The molecule has 1 aromatic carbocycles. The van der Waals surface area contributed by atoms with Gasteiger partial charge in [0.15, 0.2) is 5.16 Å². The number of thioether (sulfide) groups is 1. The van der Waals surface area contributed by atoms with Crippen molar-refractivity contribution in [2.75, 3.05) is 0 Å². The van der Waals surface area contributed by atoms with Gasteiger partial charge in [0.1, 0.15) is 0 Å². The molecular formula is C21H28N4O3S. The predicted octanol–water partition coefficient (Wildman–Crippen LogP) is 3.62. The molecule has 2 N–H and O–H groups in total. The van der Waals surface area contributed by atoms with Crippen molar-refractivity contribution < 1.29 is 9.59 Å². The van der Waals surface area contributed by atoms with Gasteiger partial charge in [-0.05, 0) is 45.2 Å². The molecule has 7 nitrogen and oxygen atoms in total. The molecule has 1 fully saturated rings. The summed E-state index contributed by atoms with van der Waals surface area (Å²) in [5, 5.41) is 5.74. The lowest BCUT2D eigenvalue weighted by molar-refractivity contribution is -0.119. The van der Waals surface area contributed by atoms with E-state index in [9.17, 15) is 14.4 Å². The molecule has 29 heavy (non-hydrogen) atoms. The van der Waals surface area contributed by atoms with Crippen LogP contribution in [0.4, 0.5) is 4.79 Å². The molecule has 0 radical (unpaired) electrons. The van der Waals surface area contributed by atoms with Gasteiger partial charge in [0, 0.05) is 12.1 Å². The molecule has 3 rings (SSSR count). The Morgan fingerprint density at radius 2 is 1.93 bits per heavy atom. The topological polar surface area (TPSA) is 93.1 Å². The average Bonchev–Trinajstić information content (AvgIpc) is 3.20. The summed E-state index contributed by atoms with van der Waals surface area (Å²) in [6, 6.07) is 6.84. The van der Waals surface area contributed by atoms with E-state index >= 15 is 0 Å².